The van der Waals surface area contributed by atoms with E-state index in [-0.39, 0.29) is 12.1 Å². The molecule has 0 saturated heterocycles. The van der Waals surface area contributed by atoms with Gasteiger partial charge in [-0.15, -0.1) is 11.3 Å². The van der Waals surface area contributed by atoms with E-state index in [4.69, 9.17) is 0 Å². The molecular formula is C15H18F2N2OS. The number of aromatic nitrogens is 1. The third kappa shape index (κ3) is 3.84. The smallest absolute Gasteiger partial charge is 0.131 e. The quantitative estimate of drug-likeness (QED) is 0.890. The topological polar surface area (TPSA) is 45.1 Å². The predicted octanol–water partition coefficient (Wildman–Crippen LogP) is 3.29. The van der Waals surface area contributed by atoms with Gasteiger partial charge in [0.2, 0.25) is 0 Å². The molecule has 3 nitrogen and oxygen atoms in total. The van der Waals surface area contributed by atoms with E-state index in [1.807, 2.05) is 26.2 Å². The van der Waals surface area contributed by atoms with Crippen LogP contribution in [0.3, 0.4) is 0 Å². The van der Waals surface area contributed by atoms with E-state index >= 15 is 0 Å². The molecule has 0 aliphatic rings. The molecule has 0 aliphatic carbocycles. The molecule has 1 atom stereocenters. The van der Waals surface area contributed by atoms with Crippen molar-refractivity contribution in [1.82, 2.24) is 10.3 Å². The van der Waals surface area contributed by atoms with E-state index in [1.165, 1.54) is 17.4 Å². The molecule has 21 heavy (non-hydrogen) atoms. The Morgan fingerprint density at radius 2 is 2.10 bits per heavy atom. The molecule has 2 N–H and O–H groups in total. The number of thiazole rings is 1. The fourth-order valence-electron chi connectivity index (χ4n) is 1.95. The molecule has 0 spiro atoms. The van der Waals surface area contributed by atoms with Gasteiger partial charge in [-0.25, -0.2) is 13.8 Å². The highest BCUT2D eigenvalue weighted by Gasteiger charge is 2.25. The fraction of sp³-hybridized carbons (Fsp3) is 0.400. The van der Waals surface area contributed by atoms with Gasteiger partial charge < -0.3 is 10.4 Å². The first-order chi connectivity index (χ1) is 9.79. The van der Waals surface area contributed by atoms with Crippen molar-refractivity contribution in [1.29, 1.82) is 0 Å². The molecule has 1 unspecified atom stereocenters. The maximum absolute atomic E-state index is 13.6. The largest absolute Gasteiger partial charge is 0.387 e. The number of benzene rings is 1. The lowest BCUT2D eigenvalue weighted by atomic mass is 10.0. The van der Waals surface area contributed by atoms with Gasteiger partial charge in [0.15, 0.2) is 0 Å². The summed E-state index contributed by atoms with van der Waals surface area (Å²) in [7, 11) is 0. The highest BCUT2D eigenvalue weighted by atomic mass is 32.1. The Labute approximate surface area is 126 Å². The number of nitrogens with one attached hydrogen (secondary N) is 1. The van der Waals surface area contributed by atoms with Gasteiger partial charge in [0, 0.05) is 29.2 Å². The van der Waals surface area contributed by atoms with Crippen LogP contribution in [0, 0.1) is 18.6 Å². The van der Waals surface area contributed by atoms with Crippen LogP contribution in [-0.2, 0) is 5.54 Å². The zero-order chi connectivity index (χ0) is 15.6. The summed E-state index contributed by atoms with van der Waals surface area (Å²) in [5, 5.41) is 16.1. The second-order valence-corrected chi connectivity index (χ2v) is 6.34. The molecule has 0 saturated carbocycles. The Kier molecular flexibility index (Phi) is 4.70. The Morgan fingerprint density at radius 1 is 1.38 bits per heavy atom. The van der Waals surface area contributed by atoms with Gasteiger partial charge in [-0.3, -0.25) is 0 Å². The van der Waals surface area contributed by atoms with E-state index < -0.39 is 23.3 Å². The predicted molar refractivity (Wildman–Crippen MR) is 79.2 cm³/mol. The lowest BCUT2D eigenvalue weighted by Crippen LogP contribution is -2.39. The zero-order valence-electron chi connectivity index (χ0n) is 12.2. The molecule has 1 heterocycles. The minimum absolute atomic E-state index is 0.0787. The molecule has 114 valence electrons. The second kappa shape index (κ2) is 6.17. The molecule has 2 rings (SSSR count). The number of nitrogens with zero attached hydrogens (tertiary/aromatic N) is 1. The van der Waals surface area contributed by atoms with Gasteiger partial charge in [0.1, 0.15) is 16.6 Å². The maximum atomic E-state index is 13.6. The van der Waals surface area contributed by atoms with Crippen molar-refractivity contribution in [2.75, 3.05) is 6.54 Å². The van der Waals surface area contributed by atoms with Gasteiger partial charge in [-0.1, -0.05) is 6.07 Å². The van der Waals surface area contributed by atoms with Crippen LogP contribution in [0.25, 0.3) is 0 Å². The fourth-order valence-corrected chi connectivity index (χ4v) is 2.85. The van der Waals surface area contributed by atoms with E-state index in [1.54, 1.807) is 0 Å². The summed E-state index contributed by atoms with van der Waals surface area (Å²) in [4.78, 5) is 4.41. The molecule has 0 aliphatic heterocycles. The average molecular weight is 312 g/mol. The van der Waals surface area contributed by atoms with E-state index in [2.05, 4.69) is 10.3 Å². The minimum Gasteiger partial charge on any atom is -0.387 e. The molecule has 1 aromatic carbocycles. The third-order valence-corrected chi connectivity index (χ3v) is 4.50. The minimum atomic E-state index is -1.05. The summed E-state index contributed by atoms with van der Waals surface area (Å²) < 4.78 is 26.5. The molecule has 0 bridgehead atoms. The van der Waals surface area contributed by atoms with Crippen LogP contribution in [0.5, 0.6) is 0 Å². The van der Waals surface area contributed by atoms with Gasteiger partial charge >= 0.3 is 0 Å². The van der Waals surface area contributed by atoms with Crippen molar-refractivity contribution in [2.45, 2.75) is 32.4 Å². The summed E-state index contributed by atoms with van der Waals surface area (Å²) >= 11 is 1.53. The molecule has 1 aromatic heterocycles. The summed E-state index contributed by atoms with van der Waals surface area (Å²) in [6, 6.07) is 3.17. The van der Waals surface area contributed by atoms with Gasteiger partial charge in [-0.2, -0.15) is 0 Å². The van der Waals surface area contributed by atoms with Crippen molar-refractivity contribution in [2.24, 2.45) is 0 Å². The van der Waals surface area contributed by atoms with Gasteiger partial charge in [-0.05, 0) is 26.8 Å². The van der Waals surface area contributed by atoms with Crippen LogP contribution in [0.2, 0.25) is 0 Å². The Bertz CT molecular complexity index is 628. The molecule has 0 radical (unpaired) electrons. The van der Waals surface area contributed by atoms with Gasteiger partial charge in [0.25, 0.3) is 0 Å². The number of aliphatic hydroxyl groups is 1. The van der Waals surface area contributed by atoms with Crippen molar-refractivity contribution in [3.8, 4) is 0 Å². The molecule has 2 aromatic rings. The summed E-state index contributed by atoms with van der Waals surface area (Å²) in [6.07, 6.45) is -1.05. The van der Waals surface area contributed by atoms with Crippen LogP contribution in [0.15, 0.2) is 23.6 Å². The SMILES string of the molecule is Cc1csc(C(C)(C)NCC(O)c2ccc(F)cc2F)n1. The number of aliphatic hydroxyl groups excluding tert-OH is 1. The standard InChI is InChI=1S/C15H18F2N2OS/c1-9-8-21-14(19-9)15(2,3)18-7-13(20)11-5-4-10(16)6-12(11)17/h4-6,8,13,18,20H,7H2,1-3H3. The Balaban J connectivity index is 2.05. The van der Waals surface area contributed by atoms with Crippen LogP contribution in [-0.4, -0.2) is 16.6 Å². The van der Waals surface area contributed by atoms with E-state index in [0.29, 0.717) is 0 Å². The second-order valence-electron chi connectivity index (χ2n) is 5.48. The van der Waals surface area contributed by atoms with Crippen molar-refractivity contribution >= 4 is 11.3 Å². The van der Waals surface area contributed by atoms with Crippen LogP contribution >= 0.6 is 11.3 Å². The summed E-state index contributed by atoms with van der Waals surface area (Å²) in [6.45, 7) is 5.95. The molecule has 0 amide bonds. The number of rotatable bonds is 5. The van der Waals surface area contributed by atoms with E-state index in [0.717, 1.165) is 22.8 Å². The Hall–Kier alpha value is -1.37. The average Bonchev–Trinajstić information content (AvgIpc) is 2.84. The highest BCUT2D eigenvalue weighted by Crippen LogP contribution is 2.25. The third-order valence-electron chi connectivity index (χ3n) is 3.21. The highest BCUT2D eigenvalue weighted by molar-refractivity contribution is 7.09. The maximum Gasteiger partial charge on any atom is 0.131 e. The number of hydrogen-bond acceptors (Lipinski definition) is 4. The van der Waals surface area contributed by atoms with Crippen LogP contribution in [0.1, 0.15) is 36.2 Å². The van der Waals surface area contributed by atoms with Crippen molar-refractivity contribution in [3.63, 3.8) is 0 Å². The zero-order valence-corrected chi connectivity index (χ0v) is 13.0. The normalized spacial score (nSPS) is 13.4. The van der Waals surface area contributed by atoms with E-state index in [9.17, 15) is 13.9 Å². The molecule has 6 heteroatoms. The van der Waals surface area contributed by atoms with Crippen LogP contribution in [0.4, 0.5) is 8.78 Å². The number of halogens is 2. The first-order valence-electron chi connectivity index (χ1n) is 6.60. The van der Waals surface area contributed by atoms with Gasteiger partial charge in [0.05, 0.1) is 11.6 Å². The van der Waals surface area contributed by atoms with Crippen molar-refractivity contribution in [3.05, 3.63) is 51.5 Å². The number of hydrogen-bond donors (Lipinski definition) is 2. The lowest BCUT2D eigenvalue weighted by Gasteiger charge is -2.26. The first kappa shape index (κ1) is 16.0. The number of aryl methyl sites for hydroxylation is 1. The molecular weight excluding hydrogens is 294 g/mol. The monoisotopic (exact) mass is 312 g/mol. The first-order valence-corrected chi connectivity index (χ1v) is 7.48. The van der Waals surface area contributed by atoms with Crippen molar-refractivity contribution < 1.29 is 13.9 Å². The van der Waals surface area contributed by atoms with Crippen LogP contribution < -0.4 is 5.32 Å². The summed E-state index contributed by atoms with van der Waals surface area (Å²) in [5.41, 5.74) is 0.584. The Morgan fingerprint density at radius 3 is 2.67 bits per heavy atom. The summed E-state index contributed by atoms with van der Waals surface area (Å²) in [5.74, 6) is -1.40. The lowest BCUT2D eigenvalue weighted by molar-refractivity contribution is 0.156. The molecule has 0 fully saturated rings.